The van der Waals surface area contributed by atoms with Crippen LogP contribution in [0.2, 0.25) is 0 Å². The van der Waals surface area contributed by atoms with Crippen LogP contribution in [0.3, 0.4) is 0 Å². The minimum atomic E-state index is -0.352. The van der Waals surface area contributed by atoms with Gasteiger partial charge in [-0.05, 0) is 72.2 Å². The van der Waals surface area contributed by atoms with Gasteiger partial charge in [-0.15, -0.1) is 0 Å². The summed E-state index contributed by atoms with van der Waals surface area (Å²) >= 11 is 0. The van der Waals surface area contributed by atoms with Gasteiger partial charge in [0.05, 0.1) is 12.1 Å². The van der Waals surface area contributed by atoms with Crippen LogP contribution in [0.25, 0.3) is 0 Å². The Morgan fingerprint density at radius 2 is 0.946 bits per heavy atom. The maximum Gasteiger partial charge on any atom is 0.241 e. The number of nitrogens with zero attached hydrogens (tertiary/aromatic N) is 1. The van der Waals surface area contributed by atoms with Gasteiger partial charge in [0.1, 0.15) is 0 Å². The molecule has 2 aromatic rings. The molecule has 0 spiro atoms. The number of amides is 2. The first-order valence-electron chi connectivity index (χ1n) is 14.0. The molecule has 1 aliphatic heterocycles. The van der Waals surface area contributed by atoms with Crippen molar-refractivity contribution in [2.45, 2.75) is 110 Å². The summed E-state index contributed by atoms with van der Waals surface area (Å²) in [7, 11) is 1.92. The average molecular weight is 506 g/mol. The molecule has 37 heavy (non-hydrogen) atoms. The molecule has 2 atom stereocenters. The Labute approximate surface area is 224 Å². The van der Waals surface area contributed by atoms with E-state index in [0.717, 1.165) is 52.9 Å². The van der Waals surface area contributed by atoms with Crippen molar-refractivity contribution in [1.82, 2.24) is 4.90 Å². The molecule has 2 amide bonds. The van der Waals surface area contributed by atoms with Crippen molar-refractivity contribution in [3.63, 3.8) is 0 Å². The quantitative estimate of drug-likeness (QED) is 0.388. The SMILES string of the molecule is CC(C)c1cccc(C(C)C)c1NC(=O)C1CCCC(C(=O)Nc2c(C(C)C)cccc2C(C)C)N1C. The zero-order valence-corrected chi connectivity index (χ0v) is 24.3. The first-order valence-corrected chi connectivity index (χ1v) is 14.0. The van der Waals surface area contributed by atoms with E-state index in [1.807, 2.05) is 11.9 Å². The minimum absolute atomic E-state index is 0.0274. The van der Waals surface area contributed by atoms with Gasteiger partial charge in [-0.3, -0.25) is 14.5 Å². The zero-order chi connectivity index (χ0) is 27.4. The van der Waals surface area contributed by atoms with Gasteiger partial charge in [0.2, 0.25) is 11.8 Å². The standard InChI is InChI=1S/C32H47N3O2/c1-19(2)23-13-10-14-24(20(3)4)29(23)33-31(36)27-17-12-18-28(35(27)9)32(37)34-30-25(21(5)6)15-11-16-26(30)22(7)8/h10-11,13-16,19-22,27-28H,12,17-18H2,1-9H3,(H,33,36)(H,34,37). The van der Waals surface area contributed by atoms with Gasteiger partial charge < -0.3 is 10.6 Å². The molecule has 5 heteroatoms. The normalized spacial score (nSPS) is 18.6. The maximum atomic E-state index is 13.7. The Morgan fingerprint density at radius 3 is 1.22 bits per heavy atom. The van der Waals surface area contributed by atoms with Gasteiger partial charge in [0.15, 0.2) is 0 Å². The fourth-order valence-corrected chi connectivity index (χ4v) is 5.56. The van der Waals surface area contributed by atoms with Crippen LogP contribution >= 0.6 is 0 Å². The summed E-state index contributed by atoms with van der Waals surface area (Å²) in [6.45, 7) is 17.2. The highest BCUT2D eigenvalue weighted by molar-refractivity contribution is 5.99. The van der Waals surface area contributed by atoms with Crippen LogP contribution in [0.1, 0.15) is 121 Å². The highest BCUT2D eigenvalue weighted by atomic mass is 16.2. The summed E-state index contributed by atoms with van der Waals surface area (Å²) in [5.41, 5.74) is 6.48. The molecule has 1 aliphatic rings. The van der Waals surface area contributed by atoms with Gasteiger partial charge in [-0.25, -0.2) is 0 Å². The number of anilines is 2. The number of hydrogen-bond donors (Lipinski definition) is 2. The lowest BCUT2D eigenvalue weighted by molar-refractivity contribution is -0.128. The van der Waals surface area contributed by atoms with E-state index in [1.54, 1.807) is 0 Å². The van der Waals surface area contributed by atoms with E-state index >= 15 is 0 Å². The predicted molar refractivity (Wildman–Crippen MR) is 156 cm³/mol. The molecule has 0 aliphatic carbocycles. The van der Waals surface area contributed by atoms with Crippen molar-refractivity contribution in [3.8, 4) is 0 Å². The fraction of sp³-hybridized carbons (Fsp3) is 0.562. The summed E-state index contributed by atoms with van der Waals surface area (Å²) in [6.07, 6.45) is 2.33. The molecule has 202 valence electrons. The van der Waals surface area contributed by atoms with Crippen LogP contribution in [0.4, 0.5) is 11.4 Å². The predicted octanol–water partition coefficient (Wildman–Crippen LogP) is 7.61. The highest BCUT2D eigenvalue weighted by Crippen LogP contribution is 2.35. The molecular formula is C32H47N3O2. The molecule has 3 rings (SSSR count). The van der Waals surface area contributed by atoms with E-state index in [-0.39, 0.29) is 23.9 Å². The Bertz CT molecular complexity index is 965. The molecule has 1 saturated heterocycles. The number of likely N-dealkylation sites (tertiary alicyclic amines) is 1. The van der Waals surface area contributed by atoms with Crippen LogP contribution in [0.5, 0.6) is 0 Å². The summed E-state index contributed by atoms with van der Waals surface area (Å²) in [4.78, 5) is 29.3. The van der Waals surface area contributed by atoms with Gasteiger partial charge in [-0.1, -0.05) is 91.8 Å². The first-order chi connectivity index (χ1) is 17.4. The van der Waals surface area contributed by atoms with Gasteiger partial charge in [0, 0.05) is 11.4 Å². The summed E-state index contributed by atoms with van der Waals surface area (Å²) < 4.78 is 0. The molecule has 1 fully saturated rings. The van der Waals surface area contributed by atoms with E-state index in [9.17, 15) is 9.59 Å². The number of piperidine rings is 1. The van der Waals surface area contributed by atoms with Crippen LogP contribution in [0.15, 0.2) is 36.4 Å². The molecule has 2 N–H and O–H groups in total. The summed E-state index contributed by atoms with van der Waals surface area (Å²) in [5.74, 6) is 1.14. The Hall–Kier alpha value is -2.66. The third kappa shape index (κ3) is 6.43. The summed E-state index contributed by atoms with van der Waals surface area (Å²) in [6, 6.07) is 11.9. The average Bonchev–Trinajstić information content (AvgIpc) is 2.83. The first kappa shape index (κ1) is 28.9. The molecule has 2 unspecified atom stereocenters. The van der Waals surface area contributed by atoms with Crippen LogP contribution in [-0.4, -0.2) is 35.8 Å². The topological polar surface area (TPSA) is 61.4 Å². The monoisotopic (exact) mass is 505 g/mol. The number of nitrogens with one attached hydrogen (secondary N) is 2. The Balaban J connectivity index is 1.84. The maximum absolute atomic E-state index is 13.7. The molecule has 1 heterocycles. The lowest BCUT2D eigenvalue weighted by Gasteiger charge is -2.38. The second-order valence-electron chi connectivity index (χ2n) is 11.8. The fourth-order valence-electron chi connectivity index (χ4n) is 5.56. The number of rotatable bonds is 8. The third-order valence-electron chi connectivity index (χ3n) is 7.79. The minimum Gasteiger partial charge on any atom is -0.324 e. The molecular weight excluding hydrogens is 458 g/mol. The molecule has 5 nitrogen and oxygen atoms in total. The number of likely N-dealkylation sites (N-methyl/N-ethyl adjacent to an activating group) is 1. The van der Waals surface area contributed by atoms with E-state index in [0.29, 0.717) is 23.7 Å². The molecule has 2 aromatic carbocycles. The van der Waals surface area contributed by atoms with E-state index in [2.05, 4.69) is 102 Å². The van der Waals surface area contributed by atoms with Crippen molar-refractivity contribution in [1.29, 1.82) is 0 Å². The van der Waals surface area contributed by atoms with Crippen molar-refractivity contribution in [2.75, 3.05) is 17.7 Å². The number of carbonyl (C=O) groups is 2. The van der Waals surface area contributed by atoms with Crippen LogP contribution < -0.4 is 10.6 Å². The zero-order valence-electron chi connectivity index (χ0n) is 24.3. The van der Waals surface area contributed by atoms with Gasteiger partial charge in [0.25, 0.3) is 0 Å². The summed E-state index contributed by atoms with van der Waals surface area (Å²) in [5, 5.41) is 6.57. The lowest BCUT2D eigenvalue weighted by atomic mass is 9.91. The van der Waals surface area contributed by atoms with Crippen molar-refractivity contribution >= 4 is 23.2 Å². The number of carbonyl (C=O) groups excluding carboxylic acids is 2. The lowest BCUT2D eigenvalue weighted by Crippen LogP contribution is -2.54. The van der Waals surface area contributed by atoms with Crippen LogP contribution in [-0.2, 0) is 9.59 Å². The number of hydrogen-bond acceptors (Lipinski definition) is 3. The van der Waals surface area contributed by atoms with Crippen molar-refractivity contribution in [3.05, 3.63) is 58.7 Å². The van der Waals surface area contributed by atoms with Crippen molar-refractivity contribution < 1.29 is 9.59 Å². The number of benzene rings is 2. The number of para-hydroxylation sites is 2. The molecule has 0 radical (unpaired) electrons. The smallest absolute Gasteiger partial charge is 0.241 e. The van der Waals surface area contributed by atoms with E-state index in [4.69, 9.17) is 0 Å². The Morgan fingerprint density at radius 1 is 0.649 bits per heavy atom. The van der Waals surface area contributed by atoms with Crippen LogP contribution in [0, 0.1) is 0 Å². The van der Waals surface area contributed by atoms with E-state index < -0.39 is 0 Å². The Kier molecular flexibility index (Phi) is 9.57. The largest absolute Gasteiger partial charge is 0.324 e. The second-order valence-corrected chi connectivity index (χ2v) is 11.8. The van der Waals surface area contributed by atoms with Gasteiger partial charge >= 0.3 is 0 Å². The molecule has 0 aromatic heterocycles. The molecule has 0 bridgehead atoms. The van der Waals surface area contributed by atoms with E-state index in [1.165, 1.54) is 0 Å². The molecule has 0 saturated carbocycles. The third-order valence-corrected chi connectivity index (χ3v) is 7.79. The highest BCUT2D eigenvalue weighted by Gasteiger charge is 2.37. The second kappa shape index (κ2) is 12.3. The van der Waals surface area contributed by atoms with Crippen molar-refractivity contribution in [2.24, 2.45) is 0 Å². The van der Waals surface area contributed by atoms with Gasteiger partial charge in [-0.2, -0.15) is 0 Å².